The molecule has 164 valence electrons. The van der Waals surface area contributed by atoms with Gasteiger partial charge in [0.25, 0.3) is 11.1 Å². The summed E-state index contributed by atoms with van der Waals surface area (Å²) < 4.78 is 7.55. The van der Waals surface area contributed by atoms with E-state index in [4.69, 9.17) is 4.74 Å². The molecule has 0 unspecified atom stereocenters. The van der Waals surface area contributed by atoms with Crippen LogP contribution in [0.2, 0.25) is 0 Å². The highest BCUT2D eigenvalue weighted by Gasteiger charge is 2.36. The molecule has 0 bridgehead atoms. The third kappa shape index (κ3) is 5.02. The Morgan fingerprint density at radius 3 is 2.45 bits per heavy atom. The van der Waals surface area contributed by atoms with Gasteiger partial charge in [-0.3, -0.25) is 19.3 Å². The lowest BCUT2D eigenvalue weighted by atomic mass is 10.2. The average molecular weight is 442 g/mol. The Morgan fingerprint density at radius 2 is 1.87 bits per heavy atom. The number of nitrogens with zero attached hydrogens (tertiary/aromatic N) is 2. The van der Waals surface area contributed by atoms with Crippen molar-refractivity contribution < 1.29 is 19.1 Å². The Labute approximate surface area is 186 Å². The molecule has 1 aromatic heterocycles. The van der Waals surface area contributed by atoms with E-state index in [-0.39, 0.29) is 6.54 Å². The number of thioether (sulfide) groups is 1. The topological polar surface area (TPSA) is 80.6 Å². The number of imide groups is 1. The molecule has 0 atom stereocenters. The molecule has 1 fully saturated rings. The lowest BCUT2D eigenvalue weighted by Crippen LogP contribution is -2.36. The summed E-state index contributed by atoms with van der Waals surface area (Å²) in [5.74, 6) is -0.190. The van der Waals surface area contributed by atoms with Gasteiger partial charge in [-0.2, -0.15) is 0 Å². The van der Waals surface area contributed by atoms with Crippen LogP contribution in [0.15, 0.2) is 35.2 Å². The van der Waals surface area contributed by atoms with Crippen molar-refractivity contribution in [3.05, 3.63) is 52.2 Å². The van der Waals surface area contributed by atoms with Crippen molar-refractivity contribution in [3.63, 3.8) is 0 Å². The lowest BCUT2D eigenvalue weighted by Gasteiger charge is -2.13. The fourth-order valence-electron chi connectivity index (χ4n) is 3.67. The van der Waals surface area contributed by atoms with Gasteiger partial charge < -0.3 is 14.6 Å². The van der Waals surface area contributed by atoms with Crippen molar-refractivity contribution in [2.24, 2.45) is 0 Å². The highest BCUT2D eigenvalue weighted by molar-refractivity contribution is 8.18. The molecule has 1 saturated heterocycles. The Hall–Kier alpha value is -3.00. The van der Waals surface area contributed by atoms with Gasteiger partial charge in [-0.15, -0.1) is 0 Å². The van der Waals surface area contributed by atoms with E-state index in [2.05, 4.69) is 23.7 Å². The molecular weight excluding hydrogens is 414 g/mol. The minimum absolute atomic E-state index is 0.295. The normalized spacial score (nSPS) is 15.3. The van der Waals surface area contributed by atoms with Crippen LogP contribution in [0, 0.1) is 13.8 Å². The van der Waals surface area contributed by atoms with Gasteiger partial charge in [-0.25, -0.2) is 0 Å². The smallest absolute Gasteiger partial charge is 0.294 e. The summed E-state index contributed by atoms with van der Waals surface area (Å²) in [6, 6.07) is 9.21. The summed E-state index contributed by atoms with van der Waals surface area (Å²) in [6.45, 7) is 10.3. The number of hydrogen-bond acceptors (Lipinski definition) is 5. The number of hydrogen-bond donors (Lipinski definition) is 1. The van der Waals surface area contributed by atoms with Crippen LogP contribution in [0.25, 0.3) is 6.08 Å². The summed E-state index contributed by atoms with van der Waals surface area (Å²) in [6.07, 6.45) is 1.73. The highest BCUT2D eigenvalue weighted by atomic mass is 32.2. The van der Waals surface area contributed by atoms with E-state index in [9.17, 15) is 14.4 Å². The van der Waals surface area contributed by atoms with Crippen molar-refractivity contribution in [1.82, 2.24) is 9.47 Å². The largest absolute Gasteiger partial charge is 0.494 e. The van der Waals surface area contributed by atoms with Gasteiger partial charge >= 0.3 is 0 Å². The molecule has 1 aromatic carbocycles. The molecule has 0 aliphatic carbocycles. The molecule has 1 N–H and O–H groups in total. The van der Waals surface area contributed by atoms with Crippen LogP contribution < -0.4 is 10.1 Å². The first kappa shape index (κ1) is 22.7. The third-order valence-electron chi connectivity index (χ3n) is 4.95. The quantitative estimate of drug-likeness (QED) is 0.627. The third-order valence-corrected chi connectivity index (χ3v) is 5.86. The van der Waals surface area contributed by atoms with Gasteiger partial charge in [-0.05, 0) is 88.4 Å². The van der Waals surface area contributed by atoms with E-state index < -0.39 is 17.1 Å². The van der Waals surface area contributed by atoms with Crippen LogP contribution in [0.4, 0.5) is 10.5 Å². The number of amides is 3. The SMILES string of the molecule is CCOc1ccc(NC(=O)CN2C(=O)S/C(=C\c3cc(C)n(C(C)C)c3C)C2=O)cc1. The zero-order chi connectivity index (χ0) is 22.7. The summed E-state index contributed by atoms with van der Waals surface area (Å²) in [5, 5.41) is 2.26. The van der Waals surface area contributed by atoms with E-state index in [1.54, 1.807) is 30.3 Å². The average Bonchev–Trinajstić information content (AvgIpc) is 3.13. The molecule has 3 rings (SSSR count). The predicted octanol–water partition coefficient (Wildman–Crippen LogP) is 4.76. The molecule has 1 aliphatic heterocycles. The summed E-state index contributed by atoms with van der Waals surface area (Å²) in [7, 11) is 0. The van der Waals surface area contributed by atoms with Crippen LogP contribution >= 0.6 is 11.8 Å². The Balaban J connectivity index is 1.69. The summed E-state index contributed by atoms with van der Waals surface area (Å²) in [4.78, 5) is 38.8. The van der Waals surface area contributed by atoms with Gasteiger partial charge in [0.05, 0.1) is 11.5 Å². The van der Waals surface area contributed by atoms with Gasteiger partial charge in [0.2, 0.25) is 5.91 Å². The van der Waals surface area contributed by atoms with Crippen molar-refractivity contribution >= 4 is 40.6 Å². The van der Waals surface area contributed by atoms with Gasteiger partial charge in [0, 0.05) is 23.1 Å². The first-order valence-corrected chi connectivity index (χ1v) is 11.0. The van der Waals surface area contributed by atoms with Crippen LogP contribution in [0.3, 0.4) is 0 Å². The Kier molecular flexibility index (Phi) is 6.90. The fourth-order valence-corrected chi connectivity index (χ4v) is 4.50. The monoisotopic (exact) mass is 441 g/mol. The number of aromatic nitrogens is 1. The van der Waals surface area contributed by atoms with Crippen LogP contribution in [0.1, 0.15) is 43.8 Å². The van der Waals surface area contributed by atoms with Crippen LogP contribution in [-0.2, 0) is 9.59 Å². The summed E-state index contributed by atoms with van der Waals surface area (Å²) in [5.41, 5.74) is 3.59. The molecule has 0 spiro atoms. The molecule has 2 heterocycles. The van der Waals surface area contributed by atoms with E-state index in [0.29, 0.717) is 29.0 Å². The van der Waals surface area contributed by atoms with E-state index in [1.165, 1.54) is 0 Å². The number of rotatable bonds is 7. The maximum Gasteiger partial charge on any atom is 0.294 e. The minimum Gasteiger partial charge on any atom is -0.494 e. The first-order valence-electron chi connectivity index (χ1n) is 10.2. The van der Waals surface area contributed by atoms with Gasteiger partial charge in [0.15, 0.2) is 0 Å². The van der Waals surface area contributed by atoms with Crippen molar-refractivity contribution in [2.75, 3.05) is 18.5 Å². The number of benzene rings is 1. The van der Waals surface area contributed by atoms with Crippen LogP contribution in [0.5, 0.6) is 5.75 Å². The molecular formula is C23H27N3O4S. The standard InChI is InChI=1S/C23H27N3O4S/c1-6-30-19-9-7-18(8-10-19)24-21(27)13-25-22(28)20(31-23(25)29)12-17-11-15(4)26(14(2)3)16(17)5/h7-12,14H,6,13H2,1-5H3,(H,24,27)/b20-12-. The molecule has 31 heavy (non-hydrogen) atoms. The van der Waals surface area contributed by atoms with E-state index in [1.807, 2.05) is 26.8 Å². The maximum atomic E-state index is 12.8. The minimum atomic E-state index is -0.453. The fraction of sp³-hybridized carbons (Fsp3) is 0.348. The van der Waals surface area contributed by atoms with Crippen molar-refractivity contribution in [3.8, 4) is 5.75 Å². The van der Waals surface area contributed by atoms with Gasteiger partial charge in [-0.1, -0.05) is 0 Å². The second-order valence-electron chi connectivity index (χ2n) is 7.56. The molecule has 0 radical (unpaired) electrons. The highest BCUT2D eigenvalue weighted by Crippen LogP contribution is 2.33. The van der Waals surface area contributed by atoms with E-state index >= 15 is 0 Å². The predicted molar refractivity (Wildman–Crippen MR) is 123 cm³/mol. The lowest BCUT2D eigenvalue weighted by molar-refractivity contribution is -0.127. The number of nitrogens with one attached hydrogen (secondary N) is 1. The van der Waals surface area contributed by atoms with Crippen molar-refractivity contribution in [1.29, 1.82) is 0 Å². The summed E-state index contributed by atoms with van der Waals surface area (Å²) >= 11 is 0.857. The molecule has 8 heteroatoms. The Bertz CT molecular complexity index is 1040. The zero-order valence-electron chi connectivity index (χ0n) is 18.4. The van der Waals surface area contributed by atoms with Crippen molar-refractivity contribution in [2.45, 2.75) is 40.7 Å². The molecule has 3 amide bonds. The second-order valence-corrected chi connectivity index (χ2v) is 8.56. The number of aryl methyl sites for hydroxylation is 1. The maximum absolute atomic E-state index is 12.8. The second kappa shape index (κ2) is 9.43. The molecule has 2 aromatic rings. The Morgan fingerprint density at radius 1 is 1.19 bits per heavy atom. The molecule has 0 saturated carbocycles. The van der Waals surface area contributed by atoms with E-state index in [0.717, 1.165) is 33.6 Å². The molecule has 7 nitrogen and oxygen atoms in total. The number of ether oxygens (including phenoxy) is 1. The first-order chi connectivity index (χ1) is 14.7. The number of carbonyl (C=O) groups excluding carboxylic acids is 3. The number of carbonyl (C=O) groups is 3. The number of anilines is 1. The van der Waals surface area contributed by atoms with Gasteiger partial charge in [0.1, 0.15) is 12.3 Å². The molecule has 1 aliphatic rings. The van der Waals surface area contributed by atoms with Crippen LogP contribution in [-0.4, -0.2) is 39.7 Å². The zero-order valence-corrected chi connectivity index (χ0v) is 19.2.